The molecule has 22 heavy (non-hydrogen) atoms. The minimum absolute atomic E-state index is 0.227. The second-order valence-corrected chi connectivity index (χ2v) is 6.30. The normalized spacial score (nSPS) is 18.8. The summed E-state index contributed by atoms with van der Waals surface area (Å²) in [5.41, 5.74) is 2.93. The van der Waals surface area contributed by atoms with E-state index in [9.17, 15) is 4.79 Å². The summed E-state index contributed by atoms with van der Waals surface area (Å²) in [4.78, 5) is 16.7. The summed E-state index contributed by atoms with van der Waals surface area (Å²) in [6.45, 7) is 4.36. The van der Waals surface area contributed by atoms with Crippen molar-refractivity contribution in [2.24, 2.45) is 0 Å². The van der Waals surface area contributed by atoms with Crippen molar-refractivity contribution < 1.29 is 4.79 Å². The number of hydrogen-bond acceptors (Lipinski definition) is 2. The average Bonchev–Trinajstić information content (AvgIpc) is 2.98. The Morgan fingerprint density at radius 1 is 1.05 bits per heavy atom. The number of carbonyl (C=O) groups excluding carboxylic acids is 1. The first-order valence-corrected chi connectivity index (χ1v) is 7.99. The molecule has 4 nitrogen and oxygen atoms in total. The quantitative estimate of drug-likeness (QED) is 0.863. The van der Waals surface area contributed by atoms with E-state index in [1.165, 1.54) is 11.1 Å². The van der Waals surface area contributed by atoms with Gasteiger partial charge in [-0.25, -0.2) is 0 Å². The molecular formula is C18H21N3O. The maximum absolute atomic E-state index is 12.2. The van der Waals surface area contributed by atoms with Crippen molar-refractivity contribution in [2.45, 2.75) is 25.6 Å². The number of amides is 1. The van der Waals surface area contributed by atoms with Crippen molar-refractivity contribution in [1.29, 1.82) is 0 Å². The van der Waals surface area contributed by atoms with Gasteiger partial charge in [0.05, 0.1) is 0 Å². The molecule has 0 N–H and O–H groups in total. The first-order valence-electron chi connectivity index (χ1n) is 7.99. The fourth-order valence-electron chi connectivity index (χ4n) is 3.45. The van der Waals surface area contributed by atoms with E-state index in [4.69, 9.17) is 0 Å². The van der Waals surface area contributed by atoms with E-state index in [1.54, 1.807) is 0 Å². The molecule has 2 aromatic rings. The molecule has 0 bridgehead atoms. The number of rotatable bonds is 3. The Kier molecular flexibility index (Phi) is 3.47. The molecule has 1 saturated heterocycles. The third-order valence-corrected chi connectivity index (χ3v) is 4.88. The largest absolute Gasteiger partial charge is 0.345 e. The van der Waals surface area contributed by atoms with E-state index in [0.29, 0.717) is 12.6 Å². The lowest BCUT2D eigenvalue weighted by atomic mass is 9.96. The van der Waals surface area contributed by atoms with Crippen LogP contribution in [-0.2, 0) is 24.3 Å². The van der Waals surface area contributed by atoms with E-state index in [1.807, 2.05) is 34.0 Å². The highest BCUT2D eigenvalue weighted by Crippen LogP contribution is 2.24. The van der Waals surface area contributed by atoms with Crippen LogP contribution >= 0.6 is 0 Å². The number of aromatic nitrogens is 1. The maximum Gasteiger partial charge on any atom is 0.242 e. The second-order valence-electron chi connectivity index (χ2n) is 6.30. The Hall–Kier alpha value is -2.07. The van der Waals surface area contributed by atoms with Crippen LogP contribution in [0, 0.1) is 0 Å². The molecule has 0 unspecified atom stereocenters. The molecule has 1 aromatic heterocycles. The fraction of sp³-hybridized carbons (Fsp3) is 0.389. The summed E-state index contributed by atoms with van der Waals surface area (Å²) in [5, 5.41) is 0. The van der Waals surface area contributed by atoms with Gasteiger partial charge in [-0.3, -0.25) is 9.69 Å². The van der Waals surface area contributed by atoms with Gasteiger partial charge in [0.1, 0.15) is 6.54 Å². The minimum atomic E-state index is 0.227. The standard InChI is InChI=1S/C18H21N3O/c22-18(14-19-8-3-4-9-19)21-12-17(13-21)20-10-7-15-5-1-2-6-16(15)11-20/h1-6,8-9,17H,7,10-14H2. The van der Waals surface area contributed by atoms with Crippen molar-refractivity contribution >= 4 is 5.91 Å². The summed E-state index contributed by atoms with van der Waals surface area (Å²) in [5.74, 6) is 0.227. The number of likely N-dealkylation sites (tertiary alicyclic amines) is 1. The molecule has 0 aliphatic carbocycles. The highest BCUT2D eigenvalue weighted by molar-refractivity contribution is 5.77. The SMILES string of the molecule is O=C(Cn1cccc1)N1CC(N2CCc3ccccc3C2)C1. The molecule has 4 rings (SSSR count). The predicted octanol–water partition coefficient (Wildman–Crippen LogP) is 1.76. The number of benzene rings is 1. The number of fused-ring (bicyclic) bond motifs is 1. The Balaban J connectivity index is 1.31. The smallest absolute Gasteiger partial charge is 0.242 e. The van der Waals surface area contributed by atoms with E-state index in [-0.39, 0.29) is 5.91 Å². The lowest BCUT2D eigenvalue weighted by Crippen LogP contribution is -2.62. The van der Waals surface area contributed by atoms with Crippen LogP contribution < -0.4 is 0 Å². The van der Waals surface area contributed by atoms with Crippen LogP contribution in [0.4, 0.5) is 0 Å². The molecule has 1 aromatic carbocycles. The predicted molar refractivity (Wildman–Crippen MR) is 85.4 cm³/mol. The van der Waals surface area contributed by atoms with Crippen molar-refractivity contribution in [1.82, 2.24) is 14.4 Å². The van der Waals surface area contributed by atoms with Gasteiger partial charge < -0.3 is 9.47 Å². The second kappa shape index (κ2) is 5.61. The molecule has 0 spiro atoms. The third-order valence-electron chi connectivity index (χ3n) is 4.88. The average molecular weight is 295 g/mol. The molecule has 2 aliphatic heterocycles. The minimum Gasteiger partial charge on any atom is -0.345 e. The van der Waals surface area contributed by atoms with Gasteiger partial charge in [-0.1, -0.05) is 24.3 Å². The van der Waals surface area contributed by atoms with Crippen LogP contribution in [0.2, 0.25) is 0 Å². The molecule has 1 fully saturated rings. The van der Waals surface area contributed by atoms with E-state index in [0.717, 1.165) is 32.6 Å². The molecule has 114 valence electrons. The van der Waals surface area contributed by atoms with Gasteiger partial charge in [0.15, 0.2) is 0 Å². The highest BCUT2D eigenvalue weighted by atomic mass is 16.2. The van der Waals surface area contributed by atoms with Crippen LogP contribution in [0.1, 0.15) is 11.1 Å². The zero-order valence-corrected chi connectivity index (χ0v) is 12.7. The highest BCUT2D eigenvalue weighted by Gasteiger charge is 2.35. The third kappa shape index (κ3) is 2.55. The van der Waals surface area contributed by atoms with Crippen LogP contribution in [0.25, 0.3) is 0 Å². The van der Waals surface area contributed by atoms with Crippen LogP contribution in [0.3, 0.4) is 0 Å². The van der Waals surface area contributed by atoms with Crippen molar-refractivity contribution in [3.05, 3.63) is 59.9 Å². The number of nitrogens with zero attached hydrogens (tertiary/aromatic N) is 3. The summed E-state index contributed by atoms with van der Waals surface area (Å²) in [6, 6.07) is 13.2. The number of hydrogen-bond donors (Lipinski definition) is 0. The van der Waals surface area contributed by atoms with E-state index < -0.39 is 0 Å². The molecule has 0 saturated carbocycles. The Labute approximate surface area is 130 Å². The van der Waals surface area contributed by atoms with Crippen molar-refractivity contribution in [3.8, 4) is 0 Å². The zero-order valence-electron chi connectivity index (χ0n) is 12.7. The molecule has 4 heteroatoms. The van der Waals surface area contributed by atoms with Crippen LogP contribution in [-0.4, -0.2) is 46.0 Å². The van der Waals surface area contributed by atoms with Gasteiger partial charge >= 0.3 is 0 Å². The van der Waals surface area contributed by atoms with Crippen LogP contribution in [0.5, 0.6) is 0 Å². The molecule has 1 amide bonds. The molecule has 3 heterocycles. The molecule has 0 radical (unpaired) electrons. The molecular weight excluding hydrogens is 274 g/mol. The van der Waals surface area contributed by atoms with Crippen molar-refractivity contribution in [2.75, 3.05) is 19.6 Å². The van der Waals surface area contributed by atoms with E-state index in [2.05, 4.69) is 29.2 Å². The fourth-order valence-corrected chi connectivity index (χ4v) is 3.45. The zero-order chi connectivity index (χ0) is 14.9. The summed E-state index contributed by atoms with van der Waals surface area (Å²) in [6.07, 6.45) is 5.01. The van der Waals surface area contributed by atoms with Gasteiger partial charge in [0.2, 0.25) is 5.91 Å². The topological polar surface area (TPSA) is 28.5 Å². The lowest BCUT2D eigenvalue weighted by Gasteiger charge is -2.47. The van der Waals surface area contributed by atoms with Crippen LogP contribution in [0.15, 0.2) is 48.8 Å². The Bertz CT molecular complexity index is 659. The first kappa shape index (κ1) is 13.6. The van der Waals surface area contributed by atoms with Gasteiger partial charge in [-0.2, -0.15) is 0 Å². The van der Waals surface area contributed by atoms with Gasteiger partial charge in [-0.15, -0.1) is 0 Å². The monoisotopic (exact) mass is 295 g/mol. The Morgan fingerprint density at radius 3 is 2.55 bits per heavy atom. The summed E-state index contributed by atoms with van der Waals surface area (Å²) < 4.78 is 1.94. The van der Waals surface area contributed by atoms with Gasteiger partial charge in [-0.05, 0) is 29.7 Å². The van der Waals surface area contributed by atoms with Crippen molar-refractivity contribution in [3.63, 3.8) is 0 Å². The Morgan fingerprint density at radius 2 is 1.77 bits per heavy atom. The maximum atomic E-state index is 12.2. The number of carbonyl (C=O) groups is 1. The lowest BCUT2D eigenvalue weighted by molar-refractivity contribution is -0.139. The van der Waals surface area contributed by atoms with Gasteiger partial charge in [0, 0.05) is 44.6 Å². The summed E-state index contributed by atoms with van der Waals surface area (Å²) >= 11 is 0. The summed E-state index contributed by atoms with van der Waals surface area (Å²) in [7, 11) is 0. The van der Waals surface area contributed by atoms with E-state index >= 15 is 0 Å². The molecule has 2 aliphatic rings. The first-order chi connectivity index (χ1) is 10.8. The van der Waals surface area contributed by atoms with Gasteiger partial charge in [0.25, 0.3) is 0 Å². The molecule has 0 atom stereocenters.